The zero-order valence-corrected chi connectivity index (χ0v) is 14.6. The first kappa shape index (κ1) is 17.4. The molecule has 3 aromatic heterocycles. The lowest BCUT2D eigenvalue weighted by Crippen LogP contribution is -2.07. The summed E-state index contributed by atoms with van der Waals surface area (Å²) in [5, 5.41) is 18.7. The van der Waals surface area contributed by atoms with E-state index < -0.39 is 17.7 Å². The molecule has 0 fully saturated rings. The number of rotatable bonds is 4. The van der Waals surface area contributed by atoms with Crippen LogP contribution in [0.25, 0.3) is 11.2 Å². The van der Waals surface area contributed by atoms with Crippen LogP contribution in [-0.4, -0.2) is 36.6 Å². The number of hydrogen-bond acceptors (Lipinski definition) is 5. The molecule has 1 N–H and O–H groups in total. The van der Waals surface area contributed by atoms with Gasteiger partial charge in [-0.15, -0.1) is 5.10 Å². The van der Waals surface area contributed by atoms with Crippen LogP contribution in [0.3, 0.4) is 0 Å². The Bertz CT molecular complexity index is 1140. The average Bonchev–Trinajstić information content (AvgIpc) is 3.32. The van der Waals surface area contributed by atoms with Crippen LogP contribution in [0, 0.1) is 11.6 Å². The number of fused-ring (bicyclic) bond motifs is 1. The fraction of sp³-hybridized carbons (Fsp3) is 0.118. The first-order chi connectivity index (χ1) is 13.0. The maximum atomic E-state index is 14.2. The number of aliphatic hydroxyl groups excluding tert-OH is 1. The summed E-state index contributed by atoms with van der Waals surface area (Å²) in [6.45, 7) is 0. The molecule has 3 heterocycles. The summed E-state index contributed by atoms with van der Waals surface area (Å²) in [7, 11) is 1.24. The van der Waals surface area contributed by atoms with E-state index in [4.69, 9.17) is 16.3 Å². The van der Waals surface area contributed by atoms with E-state index >= 15 is 0 Å². The van der Waals surface area contributed by atoms with Gasteiger partial charge in [-0.3, -0.25) is 4.40 Å². The molecule has 0 aliphatic rings. The lowest BCUT2D eigenvalue weighted by Gasteiger charge is -2.12. The van der Waals surface area contributed by atoms with Crippen molar-refractivity contribution >= 4 is 17.1 Å². The van der Waals surface area contributed by atoms with Gasteiger partial charge >= 0.3 is 0 Å². The summed E-state index contributed by atoms with van der Waals surface area (Å²) in [6, 6.07) is 5.21. The molecule has 10 heteroatoms. The third-order valence-corrected chi connectivity index (χ3v) is 4.41. The van der Waals surface area contributed by atoms with E-state index in [2.05, 4.69) is 15.3 Å². The highest BCUT2D eigenvalue weighted by Gasteiger charge is 2.22. The number of methoxy groups -OCH3 is 1. The van der Waals surface area contributed by atoms with E-state index in [0.717, 1.165) is 22.3 Å². The molecule has 1 aromatic carbocycles. The van der Waals surface area contributed by atoms with Crippen molar-refractivity contribution in [1.82, 2.24) is 24.4 Å². The van der Waals surface area contributed by atoms with Gasteiger partial charge in [0.1, 0.15) is 17.5 Å². The smallest absolute Gasteiger partial charge is 0.167 e. The van der Waals surface area contributed by atoms with E-state index in [1.54, 1.807) is 22.7 Å². The number of halogens is 3. The van der Waals surface area contributed by atoms with Gasteiger partial charge in [-0.05, 0) is 12.1 Å². The molecule has 0 saturated heterocycles. The van der Waals surface area contributed by atoms with Crippen molar-refractivity contribution in [2.75, 3.05) is 7.11 Å². The Morgan fingerprint density at radius 3 is 2.81 bits per heavy atom. The Balaban J connectivity index is 1.76. The molecule has 0 amide bonds. The van der Waals surface area contributed by atoms with Crippen molar-refractivity contribution in [1.29, 1.82) is 0 Å². The minimum Gasteiger partial charge on any atom is -0.494 e. The molecule has 0 bridgehead atoms. The number of pyridine rings is 1. The van der Waals surface area contributed by atoms with Crippen LogP contribution >= 0.6 is 11.6 Å². The molecule has 7 nitrogen and oxygen atoms in total. The quantitative estimate of drug-likeness (QED) is 0.578. The lowest BCUT2D eigenvalue weighted by atomic mass is 10.1. The van der Waals surface area contributed by atoms with Gasteiger partial charge in [0.05, 0.1) is 42.1 Å². The Labute approximate surface area is 156 Å². The third kappa shape index (κ3) is 2.90. The van der Waals surface area contributed by atoms with Gasteiger partial charge in [0.15, 0.2) is 17.4 Å². The van der Waals surface area contributed by atoms with E-state index in [1.807, 2.05) is 0 Å². The predicted molar refractivity (Wildman–Crippen MR) is 92.1 cm³/mol. The molecule has 0 saturated carbocycles. The Hall–Kier alpha value is -3.04. The fourth-order valence-corrected chi connectivity index (χ4v) is 3.02. The van der Waals surface area contributed by atoms with Crippen molar-refractivity contribution < 1.29 is 18.6 Å². The zero-order chi connectivity index (χ0) is 19.1. The standard InChI is InChI=1S/C17H12ClF2N5O2/c1-27-15-5-11(19)14(4-12(15)20)25-7-13(22-23-25)17(26)16-10(18)3-2-9-6-21-8-24(9)16/h2-8,17,26H,1H3/t17-/m0/s1. The Morgan fingerprint density at radius 2 is 2.04 bits per heavy atom. The van der Waals surface area contributed by atoms with Gasteiger partial charge in [-0.2, -0.15) is 0 Å². The van der Waals surface area contributed by atoms with Crippen molar-refractivity contribution in [2.45, 2.75) is 6.10 Å². The largest absolute Gasteiger partial charge is 0.494 e. The van der Waals surface area contributed by atoms with Crippen molar-refractivity contribution in [3.8, 4) is 11.4 Å². The van der Waals surface area contributed by atoms with Crippen molar-refractivity contribution in [3.05, 3.63) is 71.0 Å². The highest BCUT2D eigenvalue weighted by Crippen LogP contribution is 2.29. The predicted octanol–water partition coefficient (Wildman–Crippen LogP) is 2.94. The third-order valence-electron chi connectivity index (χ3n) is 4.09. The van der Waals surface area contributed by atoms with Gasteiger partial charge in [0.2, 0.25) is 0 Å². The van der Waals surface area contributed by atoms with E-state index in [1.165, 1.54) is 19.6 Å². The first-order valence-corrected chi connectivity index (χ1v) is 8.11. The number of imidazole rings is 1. The second-order valence-corrected chi connectivity index (χ2v) is 6.09. The monoisotopic (exact) mass is 391 g/mol. The Kier molecular flexibility index (Phi) is 4.25. The molecule has 4 rings (SSSR count). The van der Waals surface area contributed by atoms with Crippen molar-refractivity contribution in [2.24, 2.45) is 0 Å². The van der Waals surface area contributed by atoms with Crippen LogP contribution in [0.4, 0.5) is 8.78 Å². The zero-order valence-electron chi connectivity index (χ0n) is 13.8. The minimum atomic E-state index is -1.25. The molecule has 27 heavy (non-hydrogen) atoms. The van der Waals surface area contributed by atoms with Crippen LogP contribution < -0.4 is 4.74 Å². The average molecular weight is 392 g/mol. The highest BCUT2D eigenvalue weighted by molar-refractivity contribution is 6.31. The van der Waals surface area contributed by atoms with E-state index in [-0.39, 0.29) is 17.1 Å². The molecule has 0 radical (unpaired) electrons. The molecular formula is C17H12ClF2N5O2. The number of ether oxygens (including phenoxy) is 1. The topological polar surface area (TPSA) is 77.5 Å². The van der Waals surface area contributed by atoms with Gasteiger partial charge in [0, 0.05) is 12.1 Å². The molecule has 0 aliphatic heterocycles. The van der Waals surface area contributed by atoms with Crippen LogP contribution in [0.2, 0.25) is 5.02 Å². The molecule has 4 aromatic rings. The number of hydrogen-bond donors (Lipinski definition) is 1. The van der Waals surface area contributed by atoms with Crippen LogP contribution in [0.15, 0.2) is 43.0 Å². The molecule has 0 aliphatic carbocycles. The van der Waals surface area contributed by atoms with Gasteiger partial charge in [-0.25, -0.2) is 18.4 Å². The lowest BCUT2D eigenvalue weighted by molar-refractivity contribution is 0.209. The van der Waals surface area contributed by atoms with E-state index in [0.29, 0.717) is 10.7 Å². The maximum Gasteiger partial charge on any atom is 0.167 e. The first-order valence-electron chi connectivity index (χ1n) is 7.73. The molecule has 0 spiro atoms. The number of benzene rings is 1. The molecule has 138 valence electrons. The second kappa shape index (κ2) is 6.60. The summed E-state index contributed by atoms with van der Waals surface area (Å²) < 4.78 is 35.5. The fourth-order valence-electron chi connectivity index (χ4n) is 2.76. The maximum absolute atomic E-state index is 14.2. The number of aliphatic hydroxyl groups is 1. The molecular weight excluding hydrogens is 380 g/mol. The van der Waals surface area contributed by atoms with E-state index in [9.17, 15) is 13.9 Å². The number of nitrogens with zero attached hydrogens (tertiary/aromatic N) is 5. The summed E-state index contributed by atoms with van der Waals surface area (Å²) >= 11 is 6.22. The van der Waals surface area contributed by atoms with Crippen LogP contribution in [0.5, 0.6) is 5.75 Å². The summed E-state index contributed by atoms with van der Waals surface area (Å²) in [5.74, 6) is -1.73. The van der Waals surface area contributed by atoms with Crippen LogP contribution in [-0.2, 0) is 0 Å². The number of aromatic nitrogens is 5. The summed E-state index contributed by atoms with van der Waals surface area (Å²) in [5.41, 5.74) is 0.990. The summed E-state index contributed by atoms with van der Waals surface area (Å²) in [6.07, 6.45) is 3.15. The van der Waals surface area contributed by atoms with Gasteiger partial charge < -0.3 is 9.84 Å². The second-order valence-electron chi connectivity index (χ2n) is 5.68. The SMILES string of the molecule is COc1cc(F)c(-n2cc([C@H](O)c3c(Cl)ccc4cncn34)nn2)cc1F. The highest BCUT2D eigenvalue weighted by atomic mass is 35.5. The van der Waals surface area contributed by atoms with Gasteiger partial charge in [0.25, 0.3) is 0 Å². The molecule has 1 atom stereocenters. The van der Waals surface area contributed by atoms with Crippen molar-refractivity contribution in [3.63, 3.8) is 0 Å². The van der Waals surface area contributed by atoms with Gasteiger partial charge in [-0.1, -0.05) is 16.8 Å². The normalized spacial score (nSPS) is 12.5. The minimum absolute atomic E-state index is 0.105. The Morgan fingerprint density at radius 1 is 1.22 bits per heavy atom. The van der Waals surface area contributed by atoms with Crippen LogP contribution in [0.1, 0.15) is 17.5 Å². The summed E-state index contributed by atoms with van der Waals surface area (Å²) in [4.78, 5) is 4.02. The molecule has 0 unspecified atom stereocenters.